The zero-order valence-electron chi connectivity index (χ0n) is 17.8. The third-order valence-corrected chi connectivity index (χ3v) is 3.49. The number of para-hydroxylation sites is 1. The Hall–Kier alpha value is -2.32. The highest BCUT2D eigenvalue weighted by Gasteiger charge is 1.90. The van der Waals surface area contributed by atoms with Crippen LogP contribution < -0.4 is 22.5 Å². The summed E-state index contributed by atoms with van der Waals surface area (Å²) in [5, 5.41) is 3.27. The normalized spacial score (nSPS) is 9.62. The number of rotatable bonds is 11. The summed E-state index contributed by atoms with van der Waals surface area (Å²) in [6.45, 7) is 4.52. The molecular weight excluding hydrogens is 368 g/mol. The van der Waals surface area contributed by atoms with Crippen LogP contribution in [0.25, 0.3) is 0 Å². The van der Waals surface area contributed by atoms with Gasteiger partial charge >= 0.3 is 0 Å². The van der Waals surface area contributed by atoms with Crippen LogP contribution in [0.5, 0.6) is 0 Å². The van der Waals surface area contributed by atoms with Crippen molar-refractivity contribution in [3.8, 4) is 0 Å². The Balaban J connectivity index is 0.000000429. The van der Waals surface area contributed by atoms with Gasteiger partial charge in [0.2, 0.25) is 0 Å². The minimum Gasteiger partial charge on any atom is -0.399 e. The van der Waals surface area contributed by atoms with Gasteiger partial charge in [0.05, 0.1) is 13.2 Å². The second-order valence-electron chi connectivity index (χ2n) is 6.05. The van der Waals surface area contributed by atoms with Crippen molar-refractivity contribution in [2.45, 2.75) is 12.8 Å². The zero-order chi connectivity index (χ0) is 21.6. The topological polar surface area (TPSA) is 118 Å². The lowest BCUT2D eigenvalue weighted by molar-refractivity contribution is 0.0702. The van der Waals surface area contributed by atoms with Gasteiger partial charge in [0, 0.05) is 51.0 Å². The van der Waals surface area contributed by atoms with Crippen LogP contribution in [0.4, 0.5) is 17.1 Å². The molecule has 0 atom stereocenters. The first-order valence-corrected chi connectivity index (χ1v) is 9.79. The van der Waals surface area contributed by atoms with Gasteiger partial charge < -0.3 is 36.7 Å². The molecule has 0 unspecified atom stereocenters. The Morgan fingerprint density at radius 1 is 0.724 bits per heavy atom. The molecule has 0 spiro atoms. The number of methoxy groups -OCH3 is 2. The number of nitrogen functional groups attached to an aromatic ring is 2. The highest BCUT2D eigenvalue weighted by molar-refractivity contribution is 5.51. The Morgan fingerprint density at radius 3 is 1.86 bits per heavy atom. The first kappa shape index (κ1) is 26.7. The lowest BCUT2D eigenvalue weighted by Crippen LogP contribution is -2.07. The third-order valence-electron chi connectivity index (χ3n) is 3.49. The van der Waals surface area contributed by atoms with E-state index in [4.69, 9.17) is 31.4 Å². The third kappa shape index (κ3) is 18.8. The standard InChI is InChI=1S/C10H16N2O.C6H15NO2.C6H7N/c1-13-8-2-7-12-10-5-3-9(11)4-6-10;1-8-5-6-9-4-2-3-7;7-6-4-2-1-3-5-6/h3-6,12H,2,7-8,11H2,1H3;2-7H2,1H3;1-5H,7H2. The van der Waals surface area contributed by atoms with Crippen LogP contribution in [0.1, 0.15) is 12.8 Å². The van der Waals surface area contributed by atoms with Crippen LogP contribution in [-0.4, -0.2) is 53.7 Å². The molecule has 0 aliphatic heterocycles. The number of anilines is 3. The summed E-state index contributed by atoms with van der Waals surface area (Å²) in [5.74, 6) is 0. The maximum Gasteiger partial charge on any atom is 0.0700 e. The number of nitrogens with one attached hydrogen (secondary N) is 1. The van der Waals surface area contributed by atoms with E-state index in [0.717, 1.165) is 49.7 Å². The predicted molar refractivity (Wildman–Crippen MR) is 123 cm³/mol. The largest absolute Gasteiger partial charge is 0.399 e. The number of hydrogen-bond acceptors (Lipinski definition) is 7. The molecule has 0 aromatic heterocycles. The summed E-state index contributed by atoms with van der Waals surface area (Å²) in [7, 11) is 3.37. The van der Waals surface area contributed by atoms with Crippen molar-refractivity contribution in [2.75, 3.05) is 70.5 Å². The monoisotopic (exact) mass is 406 g/mol. The summed E-state index contributed by atoms with van der Waals surface area (Å²) in [6, 6.07) is 17.2. The lowest BCUT2D eigenvalue weighted by atomic mass is 10.3. The van der Waals surface area contributed by atoms with Gasteiger partial charge in [-0.1, -0.05) is 18.2 Å². The SMILES string of the molecule is COCCCNc1ccc(N)cc1.COCCOCCCN.Nc1ccccc1. The van der Waals surface area contributed by atoms with Crippen molar-refractivity contribution in [3.63, 3.8) is 0 Å². The molecule has 2 aromatic rings. The number of ether oxygens (including phenoxy) is 3. The number of nitrogens with two attached hydrogens (primary N) is 3. The first-order valence-electron chi connectivity index (χ1n) is 9.79. The molecule has 7 heteroatoms. The minimum atomic E-state index is 0.671. The predicted octanol–water partition coefficient (Wildman–Crippen LogP) is 2.98. The van der Waals surface area contributed by atoms with E-state index in [9.17, 15) is 0 Å². The summed E-state index contributed by atoms with van der Waals surface area (Å²) < 4.78 is 14.8. The van der Waals surface area contributed by atoms with Gasteiger partial charge in [-0.05, 0) is 55.8 Å². The fraction of sp³-hybridized carbons (Fsp3) is 0.455. The molecule has 2 rings (SSSR count). The smallest absolute Gasteiger partial charge is 0.0700 e. The maximum absolute atomic E-state index is 5.56. The second kappa shape index (κ2) is 20.4. The van der Waals surface area contributed by atoms with Gasteiger partial charge in [-0.2, -0.15) is 0 Å². The summed E-state index contributed by atoms with van der Waals surface area (Å²) >= 11 is 0. The van der Waals surface area contributed by atoms with Gasteiger partial charge in [-0.15, -0.1) is 0 Å². The second-order valence-corrected chi connectivity index (χ2v) is 6.05. The van der Waals surface area contributed by atoms with E-state index in [0.29, 0.717) is 19.8 Å². The van der Waals surface area contributed by atoms with Gasteiger partial charge in [0.15, 0.2) is 0 Å². The molecule has 0 saturated heterocycles. The van der Waals surface area contributed by atoms with Crippen LogP contribution in [0.2, 0.25) is 0 Å². The summed E-state index contributed by atoms with van der Waals surface area (Å²) in [6.07, 6.45) is 1.95. The molecule has 0 radical (unpaired) electrons. The fourth-order valence-corrected chi connectivity index (χ4v) is 1.93. The molecule has 0 heterocycles. The fourth-order valence-electron chi connectivity index (χ4n) is 1.93. The van der Waals surface area contributed by atoms with Crippen LogP contribution in [0, 0.1) is 0 Å². The van der Waals surface area contributed by atoms with Crippen molar-refractivity contribution < 1.29 is 14.2 Å². The van der Waals surface area contributed by atoms with Crippen LogP contribution >= 0.6 is 0 Å². The molecule has 0 bridgehead atoms. The molecular formula is C22H38N4O3. The molecule has 7 N–H and O–H groups in total. The van der Waals surface area contributed by atoms with E-state index in [1.54, 1.807) is 14.2 Å². The maximum atomic E-state index is 5.56. The quantitative estimate of drug-likeness (QED) is 0.335. The number of hydrogen-bond donors (Lipinski definition) is 4. The minimum absolute atomic E-state index is 0.671. The van der Waals surface area contributed by atoms with Crippen molar-refractivity contribution in [1.29, 1.82) is 0 Å². The van der Waals surface area contributed by atoms with Crippen molar-refractivity contribution in [3.05, 3.63) is 54.6 Å². The molecule has 0 fully saturated rings. The van der Waals surface area contributed by atoms with E-state index in [1.165, 1.54) is 0 Å². The highest BCUT2D eigenvalue weighted by atomic mass is 16.5. The van der Waals surface area contributed by atoms with Crippen molar-refractivity contribution >= 4 is 17.1 Å². The molecule has 0 aliphatic carbocycles. The van der Waals surface area contributed by atoms with Crippen molar-refractivity contribution in [2.24, 2.45) is 5.73 Å². The van der Waals surface area contributed by atoms with Crippen LogP contribution in [0.3, 0.4) is 0 Å². The molecule has 29 heavy (non-hydrogen) atoms. The van der Waals surface area contributed by atoms with Gasteiger partial charge in [0.25, 0.3) is 0 Å². The average Bonchev–Trinajstić information content (AvgIpc) is 2.74. The Labute approximate surface area is 175 Å². The Bertz CT molecular complexity index is 562. The molecule has 0 aliphatic rings. The van der Waals surface area contributed by atoms with Gasteiger partial charge in [-0.3, -0.25) is 0 Å². The zero-order valence-corrected chi connectivity index (χ0v) is 17.8. The van der Waals surface area contributed by atoms with E-state index >= 15 is 0 Å². The van der Waals surface area contributed by atoms with E-state index in [2.05, 4.69) is 5.32 Å². The van der Waals surface area contributed by atoms with Gasteiger partial charge in [-0.25, -0.2) is 0 Å². The molecule has 0 amide bonds. The van der Waals surface area contributed by atoms with E-state index in [1.807, 2.05) is 54.6 Å². The van der Waals surface area contributed by atoms with Crippen LogP contribution in [-0.2, 0) is 14.2 Å². The first-order chi connectivity index (χ1) is 14.1. The summed E-state index contributed by atoms with van der Waals surface area (Å²) in [4.78, 5) is 0. The average molecular weight is 407 g/mol. The molecule has 7 nitrogen and oxygen atoms in total. The molecule has 164 valence electrons. The van der Waals surface area contributed by atoms with Crippen LogP contribution in [0.15, 0.2) is 54.6 Å². The lowest BCUT2D eigenvalue weighted by Gasteiger charge is -2.05. The van der Waals surface area contributed by atoms with Gasteiger partial charge in [0.1, 0.15) is 0 Å². The molecule has 2 aromatic carbocycles. The Morgan fingerprint density at radius 2 is 1.34 bits per heavy atom. The highest BCUT2D eigenvalue weighted by Crippen LogP contribution is 2.09. The molecule has 0 saturated carbocycles. The Kier molecular flexibility index (Phi) is 18.8. The van der Waals surface area contributed by atoms with Crippen molar-refractivity contribution in [1.82, 2.24) is 0 Å². The summed E-state index contributed by atoms with van der Waals surface area (Å²) in [5.41, 5.74) is 18.9. The van der Waals surface area contributed by atoms with E-state index < -0.39 is 0 Å². The number of benzene rings is 2. The van der Waals surface area contributed by atoms with E-state index in [-0.39, 0.29) is 0 Å².